The number of carboxylic acids is 1. The molecule has 1 aliphatic rings. The Bertz CT molecular complexity index is 274. The zero-order valence-corrected chi connectivity index (χ0v) is 10.8. The number of piperidine rings is 1. The van der Waals surface area contributed by atoms with Crippen molar-refractivity contribution in [2.45, 2.75) is 58.4 Å². The van der Waals surface area contributed by atoms with Gasteiger partial charge in [-0.1, -0.05) is 26.7 Å². The Morgan fingerprint density at radius 2 is 1.94 bits per heavy atom. The molecule has 0 bridgehead atoms. The Morgan fingerprint density at radius 1 is 1.29 bits per heavy atom. The van der Waals surface area contributed by atoms with Gasteiger partial charge in [0.15, 0.2) is 0 Å². The zero-order valence-electron chi connectivity index (χ0n) is 10.8. The quantitative estimate of drug-likeness (QED) is 0.803. The van der Waals surface area contributed by atoms with Crippen molar-refractivity contribution in [1.29, 1.82) is 0 Å². The van der Waals surface area contributed by atoms with Gasteiger partial charge in [-0.3, -0.25) is 4.79 Å². The van der Waals surface area contributed by atoms with E-state index in [0.717, 1.165) is 25.7 Å². The van der Waals surface area contributed by atoms with E-state index in [4.69, 9.17) is 5.11 Å². The van der Waals surface area contributed by atoms with Crippen LogP contribution in [0.5, 0.6) is 0 Å². The van der Waals surface area contributed by atoms with Gasteiger partial charge in [-0.2, -0.15) is 0 Å². The highest BCUT2D eigenvalue weighted by atomic mass is 16.4. The molecule has 1 fully saturated rings. The molecule has 1 rings (SSSR count). The maximum atomic E-state index is 12.1. The molecule has 0 aliphatic carbocycles. The van der Waals surface area contributed by atoms with Gasteiger partial charge in [0.25, 0.3) is 0 Å². The van der Waals surface area contributed by atoms with Crippen LogP contribution in [0, 0.1) is 5.92 Å². The summed E-state index contributed by atoms with van der Waals surface area (Å²) >= 11 is 0. The summed E-state index contributed by atoms with van der Waals surface area (Å²) in [4.78, 5) is 24.8. The van der Waals surface area contributed by atoms with E-state index in [1.807, 2.05) is 0 Å². The molecule has 0 radical (unpaired) electrons. The molecule has 1 saturated heterocycles. The van der Waals surface area contributed by atoms with E-state index in [9.17, 15) is 9.59 Å². The number of aliphatic carboxylic acids is 1. The van der Waals surface area contributed by atoms with Crippen LogP contribution in [-0.4, -0.2) is 34.5 Å². The van der Waals surface area contributed by atoms with Crippen LogP contribution in [0.1, 0.15) is 52.4 Å². The molecule has 4 nitrogen and oxygen atoms in total. The largest absolute Gasteiger partial charge is 0.480 e. The first-order valence-corrected chi connectivity index (χ1v) is 6.62. The van der Waals surface area contributed by atoms with Gasteiger partial charge in [-0.15, -0.1) is 0 Å². The highest BCUT2D eigenvalue weighted by molar-refractivity contribution is 5.84. The molecule has 1 atom stereocenters. The summed E-state index contributed by atoms with van der Waals surface area (Å²) in [6.45, 7) is 4.76. The highest BCUT2D eigenvalue weighted by Gasteiger charge is 2.32. The summed E-state index contributed by atoms with van der Waals surface area (Å²) in [5, 5.41) is 9.11. The zero-order chi connectivity index (χ0) is 12.8. The van der Waals surface area contributed by atoms with Crippen molar-refractivity contribution >= 4 is 11.9 Å². The second-order valence-corrected chi connectivity index (χ2v) is 4.82. The molecule has 0 saturated carbocycles. The van der Waals surface area contributed by atoms with Crippen molar-refractivity contribution in [3.05, 3.63) is 0 Å². The minimum Gasteiger partial charge on any atom is -0.480 e. The van der Waals surface area contributed by atoms with Crippen molar-refractivity contribution in [3.63, 3.8) is 0 Å². The second-order valence-electron chi connectivity index (χ2n) is 4.82. The molecule has 0 unspecified atom stereocenters. The van der Waals surface area contributed by atoms with E-state index >= 15 is 0 Å². The standard InChI is InChI=1S/C13H23NO3/c1-3-10(4-2)9-12(15)14-8-6-5-7-11(14)13(16)17/h10-11H,3-9H2,1-2H3,(H,16,17)/t11-/m1/s1. The fraction of sp³-hybridized carbons (Fsp3) is 0.846. The first kappa shape index (κ1) is 14.0. The molecule has 1 N–H and O–H groups in total. The average Bonchev–Trinajstić information content (AvgIpc) is 2.35. The monoisotopic (exact) mass is 241 g/mol. The van der Waals surface area contributed by atoms with Crippen LogP contribution in [0.4, 0.5) is 0 Å². The summed E-state index contributed by atoms with van der Waals surface area (Å²) in [5.74, 6) is -0.452. The second kappa shape index (κ2) is 6.62. The fourth-order valence-electron chi connectivity index (χ4n) is 2.43. The smallest absolute Gasteiger partial charge is 0.326 e. The van der Waals surface area contributed by atoms with E-state index < -0.39 is 12.0 Å². The van der Waals surface area contributed by atoms with Gasteiger partial charge in [0.05, 0.1) is 0 Å². The van der Waals surface area contributed by atoms with E-state index in [-0.39, 0.29) is 5.91 Å². The topological polar surface area (TPSA) is 57.6 Å². The van der Waals surface area contributed by atoms with E-state index in [1.54, 1.807) is 4.90 Å². The normalized spacial score (nSPS) is 20.6. The molecule has 17 heavy (non-hydrogen) atoms. The summed E-state index contributed by atoms with van der Waals surface area (Å²) in [6.07, 6.45) is 4.90. The van der Waals surface area contributed by atoms with Crippen molar-refractivity contribution in [3.8, 4) is 0 Å². The van der Waals surface area contributed by atoms with E-state index in [0.29, 0.717) is 25.3 Å². The third-order valence-corrected chi connectivity index (χ3v) is 3.73. The van der Waals surface area contributed by atoms with Gasteiger partial charge in [-0.05, 0) is 25.2 Å². The van der Waals surface area contributed by atoms with Crippen LogP contribution < -0.4 is 0 Å². The number of nitrogens with zero attached hydrogens (tertiary/aromatic N) is 1. The Labute approximate surface area is 103 Å². The predicted molar refractivity (Wildman–Crippen MR) is 65.7 cm³/mol. The maximum Gasteiger partial charge on any atom is 0.326 e. The first-order valence-electron chi connectivity index (χ1n) is 6.62. The van der Waals surface area contributed by atoms with Crippen LogP contribution >= 0.6 is 0 Å². The van der Waals surface area contributed by atoms with Gasteiger partial charge in [0, 0.05) is 13.0 Å². The lowest BCUT2D eigenvalue weighted by Crippen LogP contribution is -2.48. The number of carbonyl (C=O) groups excluding carboxylic acids is 1. The summed E-state index contributed by atoms with van der Waals surface area (Å²) < 4.78 is 0. The van der Waals surface area contributed by atoms with Crippen molar-refractivity contribution < 1.29 is 14.7 Å². The Kier molecular flexibility index (Phi) is 5.45. The van der Waals surface area contributed by atoms with Gasteiger partial charge < -0.3 is 10.0 Å². The molecule has 0 spiro atoms. The lowest BCUT2D eigenvalue weighted by atomic mass is 9.96. The van der Waals surface area contributed by atoms with Crippen LogP contribution in [0.3, 0.4) is 0 Å². The highest BCUT2D eigenvalue weighted by Crippen LogP contribution is 2.21. The molecular formula is C13H23NO3. The minimum absolute atomic E-state index is 0.0193. The summed E-state index contributed by atoms with van der Waals surface area (Å²) in [5.41, 5.74) is 0. The first-order chi connectivity index (χ1) is 8.10. The fourth-order valence-corrected chi connectivity index (χ4v) is 2.43. The molecule has 1 heterocycles. The summed E-state index contributed by atoms with van der Waals surface area (Å²) in [7, 11) is 0. The Morgan fingerprint density at radius 3 is 2.47 bits per heavy atom. The molecule has 0 aromatic rings. The average molecular weight is 241 g/mol. The Hall–Kier alpha value is -1.06. The van der Waals surface area contributed by atoms with Gasteiger partial charge in [-0.25, -0.2) is 4.79 Å². The third-order valence-electron chi connectivity index (χ3n) is 3.73. The molecule has 4 heteroatoms. The van der Waals surface area contributed by atoms with Gasteiger partial charge in [0.1, 0.15) is 6.04 Å². The van der Waals surface area contributed by atoms with Gasteiger partial charge in [0.2, 0.25) is 5.91 Å². The van der Waals surface area contributed by atoms with Crippen LogP contribution in [0.25, 0.3) is 0 Å². The van der Waals surface area contributed by atoms with Crippen LogP contribution in [0.2, 0.25) is 0 Å². The predicted octanol–water partition coefficient (Wildman–Crippen LogP) is 2.28. The third kappa shape index (κ3) is 3.72. The number of carboxylic acid groups (broad SMARTS) is 1. The number of hydrogen-bond donors (Lipinski definition) is 1. The number of likely N-dealkylation sites (tertiary alicyclic amines) is 1. The maximum absolute atomic E-state index is 12.1. The molecule has 98 valence electrons. The van der Waals surface area contributed by atoms with Crippen molar-refractivity contribution in [1.82, 2.24) is 4.90 Å². The SMILES string of the molecule is CCC(CC)CC(=O)N1CCCC[C@@H]1C(=O)O. The van der Waals surface area contributed by atoms with Gasteiger partial charge >= 0.3 is 5.97 Å². The molecule has 1 amide bonds. The number of rotatable bonds is 5. The van der Waals surface area contributed by atoms with Crippen LogP contribution in [-0.2, 0) is 9.59 Å². The van der Waals surface area contributed by atoms with Crippen molar-refractivity contribution in [2.75, 3.05) is 6.54 Å². The number of carbonyl (C=O) groups is 2. The minimum atomic E-state index is -0.859. The van der Waals surface area contributed by atoms with E-state index in [1.165, 1.54) is 0 Å². The molecule has 0 aromatic heterocycles. The van der Waals surface area contributed by atoms with E-state index in [2.05, 4.69) is 13.8 Å². The number of amides is 1. The lowest BCUT2D eigenvalue weighted by Gasteiger charge is -2.33. The van der Waals surface area contributed by atoms with Crippen molar-refractivity contribution in [2.24, 2.45) is 5.92 Å². The number of hydrogen-bond acceptors (Lipinski definition) is 2. The Balaban J connectivity index is 2.61. The molecule has 1 aliphatic heterocycles. The summed E-state index contributed by atoms with van der Waals surface area (Å²) in [6, 6.07) is -0.592. The lowest BCUT2D eigenvalue weighted by molar-refractivity contribution is -0.152. The molecule has 0 aromatic carbocycles. The van der Waals surface area contributed by atoms with Crippen LogP contribution in [0.15, 0.2) is 0 Å². The molecular weight excluding hydrogens is 218 g/mol.